The van der Waals surface area contributed by atoms with Gasteiger partial charge in [-0.05, 0) is 45.4 Å². The third-order valence-electron chi connectivity index (χ3n) is 5.86. The molecule has 2 aliphatic heterocycles. The van der Waals surface area contributed by atoms with Crippen LogP contribution in [0.15, 0.2) is 18.2 Å². The highest BCUT2D eigenvalue weighted by Crippen LogP contribution is 2.29. The molecule has 2 amide bonds. The number of amides is 2. The van der Waals surface area contributed by atoms with Crippen LogP contribution < -0.4 is 5.32 Å². The Kier molecular flexibility index (Phi) is 5.98. The number of carbonyl (C=O) groups is 1. The summed E-state index contributed by atoms with van der Waals surface area (Å²) in [6, 6.07) is 3.89. The van der Waals surface area contributed by atoms with Crippen LogP contribution >= 0.6 is 11.6 Å². The van der Waals surface area contributed by atoms with E-state index in [0.29, 0.717) is 31.7 Å². The van der Waals surface area contributed by atoms with E-state index in [4.69, 9.17) is 16.7 Å². The third kappa shape index (κ3) is 4.86. The number of aliphatic hydroxyl groups is 1. The fourth-order valence-electron chi connectivity index (χ4n) is 4.47. The molecule has 3 heterocycles. The summed E-state index contributed by atoms with van der Waals surface area (Å²) < 4.78 is 15.5. The number of fused-ring (bicyclic) bond motifs is 3. The van der Waals surface area contributed by atoms with Crippen molar-refractivity contribution in [1.29, 1.82) is 0 Å². The van der Waals surface area contributed by atoms with E-state index in [1.807, 2.05) is 20.8 Å². The lowest BCUT2D eigenvalue weighted by atomic mass is 9.99. The molecule has 168 valence electrons. The average molecular weight is 450 g/mol. The van der Waals surface area contributed by atoms with Crippen LogP contribution in [0.1, 0.15) is 44.1 Å². The Morgan fingerprint density at radius 2 is 2.13 bits per heavy atom. The van der Waals surface area contributed by atoms with Gasteiger partial charge in [-0.15, -0.1) is 0 Å². The van der Waals surface area contributed by atoms with Gasteiger partial charge in [0.2, 0.25) is 0 Å². The first-order chi connectivity index (χ1) is 14.6. The maximum atomic E-state index is 13.4. The van der Waals surface area contributed by atoms with Crippen molar-refractivity contribution in [3.05, 3.63) is 46.0 Å². The van der Waals surface area contributed by atoms with Crippen LogP contribution in [0, 0.1) is 5.82 Å². The molecule has 7 nitrogen and oxygen atoms in total. The maximum Gasteiger partial charge on any atom is 0.322 e. The molecular weight excluding hydrogens is 421 g/mol. The van der Waals surface area contributed by atoms with Gasteiger partial charge < -0.3 is 15.3 Å². The number of hydrogen-bond acceptors (Lipinski definition) is 4. The van der Waals surface area contributed by atoms with Crippen LogP contribution in [0.3, 0.4) is 0 Å². The zero-order valence-corrected chi connectivity index (χ0v) is 18.9. The third-order valence-corrected chi connectivity index (χ3v) is 6.15. The average Bonchev–Trinajstić information content (AvgIpc) is 2.86. The number of aryl methyl sites for hydroxylation is 1. The van der Waals surface area contributed by atoms with Crippen molar-refractivity contribution in [2.45, 2.75) is 64.9 Å². The van der Waals surface area contributed by atoms with Gasteiger partial charge in [-0.2, -0.15) is 5.10 Å². The van der Waals surface area contributed by atoms with Gasteiger partial charge in [-0.3, -0.25) is 9.58 Å². The minimum Gasteiger partial charge on any atom is -0.389 e. The van der Waals surface area contributed by atoms with Crippen LogP contribution in [0.4, 0.5) is 14.9 Å². The van der Waals surface area contributed by atoms with Crippen molar-refractivity contribution in [2.24, 2.45) is 0 Å². The van der Waals surface area contributed by atoms with Gasteiger partial charge in [0, 0.05) is 49.9 Å². The zero-order chi connectivity index (χ0) is 22.3. The Morgan fingerprint density at radius 3 is 2.84 bits per heavy atom. The number of carbonyl (C=O) groups excluding carboxylic acids is 1. The number of β-amino-alcohol motifs (C(OH)–C–C–N with tert-alkyl or cyclic N) is 1. The molecule has 2 N–H and O–H groups in total. The quantitative estimate of drug-likeness (QED) is 0.750. The Labute approximate surface area is 186 Å². The predicted molar refractivity (Wildman–Crippen MR) is 118 cm³/mol. The molecule has 2 aromatic rings. The van der Waals surface area contributed by atoms with E-state index in [-0.39, 0.29) is 17.1 Å². The van der Waals surface area contributed by atoms with E-state index in [1.165, 1.54) is 18.2 Å². The molecule has 0 saturated heterocycles. The van der Waals surface area contributed by atoms with Gasteiger partial charge in [-0.25, -0.2) is 9.18 Å². The van der Waals surface area contributed by atoms with Crippen molar-refractivity contribution >= 4 is 23.3 Å². The lowest BCUT2D eigenvalue weighted by Crippen LogP contribution is -2.45. The van der Waals surface area contributed by atoms with Gasteiger partial charge >= 0.3 is 6.03 Å². The standard InChI is InChI=1S/C22H29ClFN5O2/c1-14-9-19-16(11-28(14)21(30)25-15-5-6-18(24)17(23)10-15)20-12-27(13-22(2,3)31)7-4-8-29(20)26-19/h5-6,10,14,31H,4,7-9,11-13H2,1-3H3,(H,25,30). The van der Waals surface area contributed by atoms with Crippen molar-refractivity contribution in [2.75, 3.05) is 18.4 Å². The van der Waals surface area contributed by atoms with E-state index >= 15 is 0 Å². The molecule has 0 fully saturated rings. The fraction of sp³-hybridized carbons (Fsp3) is 0.545. The topological polar surface area (TPSA) is 73.6 Å². The molecule has 1 aromatic carbocycles. The predicted octanol–water partition coefficient (Wildman–Crippen LogP) is 3.63. The molecule has 4 rings (SSSR count). The number of aromatic nitrogens is 2. The Hall–Kier alpha value is -2.16. The smallest absolute Gasteiger partial charge is 0.322 e. The second-order valence-electron chi connectivity index (χ2n) is 9.21. The minimum atomic E-state index is -0.772. The molecule has 0 bridgehead atoms. The van der Waals surface area contributed by atoms with Gasteiger partial charge in [0.25, 0.3) is 0 Å². The highest BCUT2D eigenvalue weighted by atomic mass is 35.5. The number of anilines is 1. The number of urea groups is 1. The van der Waals surface area contributed by atoms with Gasteiger partial charge in [0.05, 0.1) is 28.6 Å². The van der Waals surface area contributed by atoms with E-state index < -0.39 is 11.4 Å². The van der Waals surface area contributed by atoms with E-state index in [0.717, 1.165) is 36.5 Å². The summed E-state index contributed by atoms with van der Waals surface area (Å²) in [7, 11) is 0. The molecule has 2 aliphatic rings. The van der Waals surface area contributed by atoms with Crippen molar-refractivity contribution in [3.63, 3.8) is 0 Å². The second kappa shape index (κ2) is 8.41. The molecule has 0 radical (unpaired) electrons. The van der Waals surface area contributed by atoms with Crippen LogP contribution in [0.25, 0.3) is 0 Å². The lowest BCUT2D eigenvalue weighted by Gasteiger charge is -2.34. The van der Waals surface area contributed by atoms with Crippen molar-refractivity contribution < 1.29 is 14.3 Å². The summed E-state index contributed by atoms with van der Waals surface area (Å²) in [5, 5.41) is 17.9. The van der Waals surface area contributed by atoms with Crippen LogP contribution in [0.5, 0.6) is 0 Å². The molecule has 31 heavy (non-hydrogen) atoms. The molecule has 9 heteroatoms. The molecule has 1 unspecified atom stereocenters. The first kappa shape index (κ1) is 22.0. The minimum absolute atomic E-state index is 0.0185. The summed E-state index contributed by atoms with van der Waals surface area (Å²) in [5.41, 5.74) is 2.94. The number of nitrogens with zero attached hydrogens (tertiary/aromatic N) is 4. The molecule has 1 atom stereocenters. The highest BCUT2D eigenvalue weighted by molar-refractivity contribution is 6.31. The van der Waals surface area contributed by atoms with Crippen LogP contribution in [0.2, 0.25) is 5.02 Å². The maximum absolute atomic E-state index is 13.4. The molecule has 0 saturated carbocycles. The first-order valence-electron chi connectivity index (χ1n) is 10.7. The summed E-state index contributed by atoms with van der Waals surface area (Å²) in [6.07, 6.45) is 1.65. The van der Waals surface area contributed by atoms with Gasteiger partial charge in [-0.1, -0.05) is 11.6 Å². The highest BCUT2D eigenvalue weighted by Gasteiger charge is 2.33. The molecule has 0 aliphatic carbocycles. The Balaban J connectivity index is 1.54. The van der Waals surface area contributed by atoms with Gasteiger partial charge in [0.1, 0.15) is 5.82 Å². The summed E-state index contributed by atoms with van der Waals surface area (Å²) in [4.78, 5) is 17.0. The van der Waals surface area contributed by atoms with E-state index in [9.17, 15) is 14.3 Å². The van der Waals surface area contributed by atoms with Crippen LogP contribution in [-0.2, 0) is 26.1 Å². The number of nitrogens with one attached hydrogen (secondary N) is 1. The molecule has 1 aromatic heterocycles. The van der Waals surface area contributed by atoms with E-state index in [1.54, 1.807) is 4.90 Å². The van der Waals surface area contributed by atoms with E-state index in [2.05, 4.69) is 14.9 Å². The fourth-order valence-corrected chi connectivity index (χ4v) is 4.65. The number of rotatable bonds is 3. The zero-order valence-electron chi connectivity index (χ0n) is 18.2. The number of benzene rings is 1. The number of halogens is 2. The van der Waals surface area contributed by atoms with Crippen LogP contribution in [-0.4, -0.2) is 55.5 Å². The normalized spacial score (nSPS) is 19.5. The number of hydrogen-bond donors (Lipinski definition) is 2. The molecule has 0 spiro atoms. The monoisotopic (exact) mass is 449 g/mol. The summed E-state index contributed by atoms with van der Waals surface area (Å²) in [5.74, 6) is -0.520. The van der Waals surface area contributed by atoms with Crippen molar-refractivity contribution in [1.82, 2.24) is 19.6 Å². The lowest BCUT2D eigenvalue weighted by molar-refractivity contribution is 0.0339. The van der Waals surface area contributed by atoms with Gasteiger partial charge in [0.15, 0.2) is 0 Å². The summed E-state index contributed by atoms with van der Waals surface area (Å²) >= 11 is 5.84. The SMILES string of the molecule is CC1Cc2nn3c(c2CN1C(=O)Nc1ccc(F)c(Cl)c1)CN(CC(C)(C)O)CCC3. The Morgan fingerprint density at radius 1 is 1.35 bits per heavy atom. The largest absolute Gasteiger partial charge is 0.389 e. The second-order valence-corrected chi connectivity index (χ2v) is 9.62. The molecular formula is C22H29ClFN5O2. The first-order valence-corrected chi connectivity index (χ1v) is 11.0. The summed E-state index contributed by atoms with van der Waals surface area (Å²) in [6.45, 7) is 9.12. The Bertz CT molecular complexity index is 987. The van der Waals surface area contributed by atoms with Crippen molar-refractivity contribution in [3.8, 4) is 0 Å².